The number of H-pyrrole nitrogens is 2. The predicted molar refractivity (Wildman–Crippen MR) is 134 cm³/mol. The molecule has 0 spiro atoms. The number of carbonyl (C=O) groups is 1. The molecule has 0 fully saturated rings. The maximum atomic E-state index is 13.0. The molecule has 0 saturated heterocycles. The first-order valence-electron chi connectivity index (χ1n) is 11.5. The van der Waals surface area contributed by atoms with Gasteiger partial charge in [-0.25, -0.2) is 4.98 Å². The Morgan fingerprint density at radius 1 is 1.12 bits per heavy atom. The molecule has 3 aromatic heterocycles. The number of imidazole rings is 1. The second kappa shape index (κ2) is 9.44. The number of aromatic amines is 2. The zero-order valence-corrected chi connectivity index (χ0v) is 19.2. The SMILES string of the molecule is CCCc1cnccc1-c1n[nH]c2cc3[nH]c(C(=O)N[C@H](CNC)c4ccccc4)nc3cc12. The first kappa shape index (κ1) is 21.8. The zero-order valence-electron chi connectivity index (χ0n) is 19.2. The summed E-state index contributed by atoms with van der Waals surface area (Å²) in [6.45, 7) is 2.76. The molecule has 34 heavy (non-hydrogen) atoms. The van der Waals surface area contributed by atoms with Gasteiger partial charge in [-0.1, -0.05) is 43.7 Å². The lowest BCUT2D eigenvalue weighted by Gasteiger charge is -2.18. The fourth-order valence-corrected chi connectivity index (χ4v) is 4.33. The molecule has 0 unspecified atom stereocenters. The summed E-state index contributed by atoms with van der Waals surface area (Å²) in [4.78, 5) is 25.1. The molecule has 1 atom stereocenters. The Labute approximate surface area is 197 Å². The number of benzene rings is 2. The Kier molecular flexibility index (Phi) is 6.05. The molecule has 1 amide bonds. The lowest BCUT2D eigenvalue weighted by molar-refractivity contribution is 0.0927. The van der Waals surface area contributed by atoms with E-state index in [2.05, 4.69) is 42.7 Å². The molecule has 4 N–H and O–H groups in total. The Balaban J connectivity index is 1.48. The van der Waals surface area contributed by atoms with Gasteiger partial charge in [0.15, 0.2) is 5.82 Å². The van der Waals surface area contributed by atoms with E-state index in [-0.39, 0.29) is 17.8 Å². The first-order valence-corrected chi connectivity index (χ1v) is 11.5. The maximum absolute atomic E-state index is 13.0. The van der Waals surface area contributed by atoms with Crippen LogP contribution in [0.2, 0.25) is 0 Å². The molecule has 5 aromatic rings. The number of rotatable bonds is 8. The van der Waals surface area contributed by atoms with Gasteiger partial charge in [0.05, 0.1) is 22.6 Å². The number of aromatic nitrogens is 5. The molecule has 0 aliphatic carbocycles. The van der Waals surface area contributed by atoms with Crippen LogP contribution in [0.15, 0.2) is 60.9 Å². The molecule has 2 aromatic carbocycles. The normalized spacial score (nSPS) is 12.3. The molecule has 0 bridgehead atoms. The number of fused-ring (bicyclic) bond motifs is 2. The highest BCUT2D eigenvalue weighted by Crippen LogP contribution is 2.31. The van der Waals surface area contributed by atoms with E-state index in [0.29, 0.717) is 6.54 Å². The Bertz CT molecular complexity index is 1440. The van der Waals surface area contributed by atoms with E-state index in [4.69, 9.17) is 0 Å². The van der Waals surface area contributed by atoms with Crippen LogP contribution in [0.1, 0.15) is 41.1 Å². The molecule has 5 rings (SSSR count). The molecular weight excluding hydrogens is 426 g/mol. The second-order valence-electron chi connectivity index (χ2n) is 8.35. The molecule has 0 saturated carbocycles. The quantitative estimate of drug-likeness (QED) is 0.282. The zero-order chi connectivity index (χ0) is 23.5. The summed E-state index contributed by atoms with van der Waals surface area (Å²) >= 11 is 0. The Morgan fingerprint density at radius 2 is 1.97 bits per heavy atom. The van der Waals surface area contributed by atoms with Crippen LogP contribution in [0, 0.1) is 0 Å². The van der Waals surface area contributed by atoms with Crippen molar-refractivity contribution in [1.29, 1.82) is 0 Å². The van der Waals surface area contributed by atoms with E-state index in [1.54, 1.807) is 6.20 Å². The van der Waals surface area contributed by atoms with Crippen molar-refractivity contribution in [3.63, 3.8) is 0 Å². The minimum absolute atomic E-state index is 0.166. The van der Waals surface area contributed by atoms with Gasteiger partial charge >= 0.3 is 0 Å². The number of nitrogens with zero attached hydrogens (tertiary/aromatic N) is 3. The number of carbonyl (C=O) groups excluding carboxylic acids is 1. The minimum Gasteiger partial charge on any atom is -0.341 e. The third kappa shape index (κ3) is 4.15. The number of amides is 1. The van der Waals surface area contributed by atoms with Gasteiger partial charge in [-0.2, -0.15) is 5.10 Å². The van der Waals surface area contributed by atoms with E-state index in [0.717, 1.165) is 57.2 Å². The number of hydrogen-bond acceptors (Lipinski definition) is 5. The Morgan fingerprint density at radius 3 is 2.76 bits per heavy atom. The van der Waals surface area contributed by atoms with Gasteiger partial charge in [-0.05, 0) is 42.8 Å². The highest BCUT2D eigenvalue weighted by molar-refractivity contribution is 6.02. The number of pyridine rings is 1. The first-order chi connectivity index (χ1) is 16.7. The predicted octanol–water partition coefficient (Wildman–Crippen LogP) is 4.14. The van der Waals surface area contributed by atoms with Crippen LogP contribution in [-0.2, 0) is 6.42 Å². The summed E-state index contributed by atoms with van der Waals surface area (Å²) in [5.41, 5.74) is 6.51. The molecule has 172 valence electrons. The van der Waals surface area contributed by atoms with E-state index < -0.39 is 0 Å². The fourth-order valence-electron chi connectivity index (χ4n) is 4.33. The summed E-state index contributed by atoms with van der Waals surface area (Å²) in [5.74, 6) is 0.0338. The lowest BCUT2D eigenvalue weighted by atomic mass is 10.0. The van der Waals surface area contributed by atoms with Crippen LogP contribution in [0.5, 0.6) is 0 Å². The molecule has 0 aliphatic heterocycles. The van der Waals surface area contributed by atoms with E-state index >= 15 is 0 Å². The van der Waals surface area contributed by atoms with Gasteiger partial charge < -0.3 is 15.6 Å². The van der Waals surface area contributed by atoms with Crippen LogP contribution in [0.25, 0.3) is 33.2 Å². The Hall–Kier alpha value is -4.04. The van der Waals surface area contributed by atoms with E-state index in [9.17, 15) is 4.79 Å². The monoisotopic (exact) mass is 453 g/mol. The van der Waals surface area contributed by atoms with Crippen LogP contribution in [0.3, 0.4) is 0 Å². The lowest BCUT2D eigenvalue weighted by Crippen LogP contribution is -2.35. The van der Waals surface area contributed by atoms with E-state index in [1.165, 1.54) is 0 Å². The molecule has 0 aliphatic rings. The summed E-state index contributed by atoms with van der Waals surface area (Å²) in [7, 11) is 1.87. The van der Waals surface area contributed by atoms with Gasteiger partial charge in [-0.3, -0.25) is 14.9 Å². The van der Waals surface area contributed by atoms with Crippen LogP contribution < -0.4 is 10.6 Å². The third-order valence-corrected chi connectivity index (χ3v) is 5.97. The average Bonchev–Trinajstić information content (AvgIpc) is 3.47. The van der Waals surface area contributed by atoms with Gasteiger partial charge in [-0.15, -0.1) is 0 Å². The van der Waals surface area contributed by atoms with Crippen LogP contribution in [0.4, 0.5) is 0 Å². The summed E-state index contributed by atoms with van der Waals surface area (Å²) in [6.07, 6.45) is 5.66. The van der Waals surface area contributed by atoms with Crippen molar-refractivity contribution < 1.29 is 4.79 Å². The molecule has 8 nitrogen and oxygen atoms in total. The summed E-state index contributed by atoms with van der Waals surface area (Å²) in [5, 5.41) is 14.9. The number of aryl methyl sites for hydroxylation is 1. The molecule has 0 radical (unpaired) electrons. The van der Waals surface area contributed by atoms with Crippen molar-refractivity contribution in [2.75, 3.05) is 13.6 Å². The molecule has 3 heterocycles. The summed E-state index contributed by atoms with van der Waals surface area (Å²) in [6, 6.07) is 15.7. The largest absolute Gasteiger partial charge is 0.341 e. The number of likely N-dealkylation sites (N-methyl/N-ethyl adjacent to an activating group) is 1. The second-order valence-corrected chi connectivity index (χ2v) is 8.35. The van der Waals surface area contributed by atoms with Gasteiger partial charge in [0, 0.05) is 29.9 Å². The maximum Gasteiger partial charge on any atom is 0.287 e. The van der Waals surface area contributed by atoms with Gasteiger partial charge in [0.1, 0.15) is 5.69 Å². The van der Waals surface area contributed by atoms with Crippen molar-refractivity contribution in [2.45, 2.75) is 25.8 Å². The minimum atomic E-state index is -0.248. The molecular formula is C26H27N7O. The van der Waals surface area contributed by atoms with Crippen LogP contribution in [-0.4, -0.2) is 44.6 Å². The van der Waals surface area contributed by atoms with Crippen LogP contribution >= 0.6 is 0 Å². The van der Waals surface area contributed by atoms with Crippen molar-refractivity contribution in [3.8, 4) is 11.3 Å². The number of hydrogen-bond donors (Lipinski definition) is 4. The van der Waals surface area contributed by atoms with Crippen molar-refractivity contribution in [3.05, 3.63) is 77.9 Å². The third-order valence-electron chi connectivity index (χ3n) is 5.97. The number of nitrogens with one attached hydrogen (secondary N) is 4. The molecule has 8 heteroatoms. The standard InChI is InChI=1S/C26H27N7O/c1-3-7-17-14-28-11-10-18(17)24-19-12-21-22(13-20(19)32-33-24)30-25(29-21)26(34)31-23(15-27-2)16-8-5-4-6-9-16/h4-6,8-14,23,27H,3,7,15H2,1-2H3,(H,29,30)(H,31,34)(H,32,33)/t23-/m1/s1. The highest BCUT2D eigenvalue weighted by atomic mass is 16.2. The summed E-state index contributed by atoms with van der Waals surface area (Å²) < 4.78 is 0. The topological polar surface area (TPSA) is 111 Å². The highest BCUT2D eigenvalue weighted by Gasteiger charge is 2.19. The van der Waals surface area contributed by atoms with E-state index in [1.807, 2.05) is 61.8 Å². The van der Waals surface area contributed by atoms with Crippen molar-refractivity contribution in [1.82, 2.24) is 35.8 Å². The van der Waals surface area contributed by atoms with Gasteiger partial charge in [0.2, 0.25) is 0 Å². The fraction of sp³-hybridized carbons (Fsp3) is 0.231. The average molecular weight is 454 g/mol. The smallest absolute Gasteiger partial charge is 0.287 e. The van der Waals surface area contributed by atoms with Crippen molar-refractivity contribution >= 4 is 27.8 Å². The van der Waals surface area contributed by atoms with Gasteiger partial charge in [0.25, 0.3) is 5.91 Å². The van der Waals surface area contributed by atoms with Crippen molar-refractivity contribution in [2.24, 2.45) is 0 Å².